The standard InChI is InChI=1S/C18H29N3O/c1-7-15(17(22)20-19)21-16-9-12(3)11(2)8-14(16)13(4)10-18(21,5)6/h8-9,13,15H,7,10,19H2,1-6H3,(H,20,22)/t13-,15-/m0/s1. The van der Waals surface area contributed by atoms with Gasteiger partial charge in [-0.15, -0.1) is 0 Å². The van der Waals surface area contributed by atoms with E-state index in [4.69, 9.17) is 5.84 Å². The zero-order valence-corrected chi connectivity index (χ0v) is 14.7. The van der Waals surface area contributed by atoms with Crippen molar-refractivity contribution >= 4 is 11.6 Å². The third kappa shape index (κ3) is 2.72. The lowest BCUT2D eigenvalue weighted by molar-refractivity contribution is -0.122. The van der Waals surface area contributed by atoms with Gasteiger partial charge in [-0.3, -0.25) is 10.2 Å². The van der Waals surface area contributed by atoms with Crippen LogP contribution in [0, 0.1) is 13.8 Å². The largest absolute Gasteiger partial charge is 0.354 e. The van der Waals surface area contributed by atoms with Gasteiger partial charge in [0.25, 0.3) is 5.91 Å². The lowest BCUT2D eigenvalue weighted by atomic mass is 9.78. The lowest BCUT2D eigenvalue weighted by Gasteiger charge is -2.50. The fraction of sp³-hybridized carbons (Fsp3) is 0.611. The number of nitrogens with two attached hydrogens (primary N) is 1. The Kier molecular flexibility index (Phi) is 4.52. The molecule has 4 heteroatoms. The van der Waals surface area contributed by atoms with E-state index in [1.54, 1.807) is 0 Å². The molecule has 22 heavy (non-hydrogen) atoms. The number of carbonyl (C=O) groups is 1. The van der Waals surface area contributed by atoms with Crippen LogP contribution < -0.4 is 16.2 Å². The number of nitrogens with one attached hydrogen (secondary N) is 1. The average Bonchev–Trinajstić information content (AvgIpc) is 2.44. The van der Waals surface area contributed by atoms with E-state index in [9.17, 15) is 4.79 Å². The maximum atomic E-state index is 12.3. The zero-order valence-electron chi connectivity index (χ0n) is 14.7. The number of hydrogen-bond acceptors (Lipinski definition) is 3. The van der Waals surface area contributed by atoms with Gasteiger partial charge in [-0.25, -0.2) is 5.84 Å². The lowest BCUT2D eigenvalue weighted by Crippen LogP contribution is -2.59. The maximum absolute atomic E-state index is 12.3. The van der Waals surface area contributed by atoms with Gasteiger partial charge in [0.1, 0.15) is 6.04 Å². The highest BCUT2D eigenvalue weighted by Crippen LogP contribution is 2.45. The molecule has 0 bridgehead atoms. The third-order valence-corrected chi connectivity index (χ3v) is 5.03. The molecule has 3 N–H and O–H groups in total. The smallest absolute Gasteiger partial charge is 0.256 e. The first-order valence-corrected chi connectivity index (χ1v) is 8.13. The van der Waals surface area contributed by atoms with Gasteiger partial charge in [-0.1, -0.05) is 19.9 Å². The van der Waals surface area contributed by atoms with Crippen molar-refractivity contribution in [3.63, 3.8) is 0 Å². The Labute approximate surface area is 134 Å². The number of carbonyl (C=O) groups excluding carboxylic acids is 1. The molecule has 1 aromatic rings. The SMILES string of the molecule is CC[C@@H](C(=O)NN)N1c2cc(C)c(C)cc2[C@@H](C)CC1(C)C. The van der Waals surface area contributed by atoms with Crippen LogP contribution in [0.3, 0.4) is 0 Å². The Hall–Kier alpha value is -1.55. The fourth-order valence-electron chi connectivity index (χ4n) is 3.88. The van der Waals surface area contributed by atoms with Gasteiger partial charge < -0.3 is 4.90 Å². The Bertz CT molecular complexity index is 580. The Morgan fingerprint density at radius 2 is 2.00 bits per heavy atom. The quantitative estimate of drug-likeness (QED) is 0.512. The van der Waals surface area contributed by atoms with E-state index in [1.165, 1.54) is 22.4 Å². The molecule has 0 saturated heterocycles. The van der Waals surface area contributed by atoms with Gasteiger partial charge in [0, 0.05) is 11.2 Å². The number of nitrogens with zero attached hydrogens (tertiary/aromatic N) is 1. The number of rotatable bonds is 3. The minimum atomic E-state index is -0.242. The summed E-state index contributed by atoms with van der Waals surface area (Å²) < 4.78 is 0. The van der Waals surface area contributed by atoms with Crippen LogP contribution in [0.5, 0.6) is 0 Å². The molecular formula is C18H29N3O. The first-order valence-electron chi connectivity index (χ1n) is 8.13. The molecule has 0 saturated carbocycles. The predicted molar refractivity (Wildman–Crippen MR) is 91.9 cm³/mol. The van der Waals surface area contributed by atoms with Crippen molar-refractivity contribution < 1.29 is 4.79 Å². The second kappa shape index (κ2) is 5.92. The summed E-state index contributed by atoms with van der Waals surface area (Å²) in [6.45, 7) is 13.0. The van der Waals surface area contributed by atoms with Crippen LogP contribution in [0.25, 0.3) is 0 Å². The van der Waals surface area contributed by atoms with Gasteiger partial charge in [0.2, 0.25) is 0 Å². The number of fused-ring (bicyclic) bond motifs is 1. The molecule has 0 aliphatic carbocycles. The van der Waals surface area contributed by atoms with E-state index < -0.39 is 0 Å². The summed E-state index contributed by atoms with van der Waals surface area (Å²) in [5.41, 5.74) is 7.35. The second-order valence-corrected chi connectivity index (χ2v) is 7.22. The molecule has 0 fully saturated rings. The summed E-state index contributed by atoms with van der Waals surface area (Å²) in [4.78, 5) is 14.6. The van der Waals surface area contributed by atoms with Crippen molar-refractivity contribution in [1.29, 1.82) is 0 Å². The van der Waals surface area contributed by atoms with Crippen molar-refractivity contribution in [2.24, 2.45) is 5.84 Å². The van der Waals surface area contributed by atoms with E-state index >= 15 is 0 Å². The van der Waals surface area contributed by atoms with Crippen molar-refractivity contribution in [3.05, 3.63) is 28.8 Å². The van der Waals surface area contributed by atoms with E-state index in [1.807, 2.05) is 6.92 Å². The molecule has 2 atom stereocenters. The number of aryl methyl sites for hydroxylation is 2. The average molecular weight is 303 g/mol. The van der Waals surface area contributed by atoms with Gasteiger partial charge in [0.15, 0.2) is 0 Å². The number of amides is 1. The molecule has 0 spiro atoms. The third-order valence-electron chi connectivity index (χ3n) is 5.03. The van der Waals surface area contributed by atoms with E-state index in [-0.39, 0.29) is 17.5 Å². The molecule has 0 unspecified atom stereocenters. The highest BCUT2D eigenvalue weighted by Gasteiger charge is 2.41. The molecule has 1 aromatic carbocycles. The monoisotopic (exact) mass is 303 g/mol. The Morgan fingerprint density at radius 3 is 2.55 bits per heavy atom. The molecule has 1 heterocycles. The topological polar surface area (TPSA) is 58.4 Å². The molecule has 2 rings (SSSR count). The van der Waals surface area contributed by atoms with E-state index in [0.717, 1.165) is 12.8 Å². The van der Waals surface area contributed by atoms with Gasteiger partial charge in [0.05, 0.1) is 0 Å². The van der Waals surface area contributed by atoms with Crippen LogP contribution in [0.2, 0.25) is 0 Å². The molecular weight excluding hydrogens is 274 g/mol. The van der Waals surface area contributed by atoms with Crippen LogP contribution in [0.4, 0.5) is 5.69 Å². The molecule has 122 valence electrons. The summed E-state index contributed by atoms with van der Waals surface area (Å²) in [7, 11) is 0. The Morgan fingerprint density at radius 1 is 1.41 bits per heavy atom. The summed E-state index contributed by atoms with van der Waals surface area (Å²) in [5.74, 6) is 5.79. The van der Waals surface area contributed by atoms with Crippen molar-refractivity contribution in [2.75, 3.05) is 4.90 Å². The maximum Gasteiger partial charge on any atom is 0.256 e. The first kappa shape index (κ1) is 16.8. The second-order valence-electron chi connectivity index (χ2n) is 7.22. The van der Waals surface area contributed by atoms with Gasteiger partial charge >= 0.3 is 0 Å². The number of benzene rings is 1. The highest BCUT2D eigenvalue weighted by molar-refractivity contribution is 5.86. The molecule has 0 aromatic heterocycles. The molecule has 0 radical (unpaired) electrons. The Balaban J connectivity index is 2.63. The highest BCUT2D eigenvalue weighted by atomic mass is 16.2. The van der Waals surface area contributed by atoms with Crippen molar-refractivity contribution in [2.45, 2.75) is 71.9 Å². The van der Waals surface area contributed by atoms with E-state index in [2.05, 4.69) is 57.1 Å². The van der Waals surface area contributed by atoms with Crippen LogP contribution in [0.15, 0.2) is 12.1 Å². The van der Waals surface area contributed by atoms with Crippen LogP contribution in [-0.4, -0.2) is 17.5 Å². The number of hydrazine groups is 1. The number of hydrogen-bond donors (Lipinski definition) is 2. The molecule has 4 nitrogen and oxygen atoms in total. The fourth-order valence-corrected chi connectivity index (χ4v) is 3.88. The van der Waals surface area contributed by atoms with Gasteiger partial charge in [-0.2, -0.15) is 0 Å². The summed E-state index contributed by atoms with van der Waals surface area (Å²) in [6.07, 6.45) is 1.75. The molecule has 1 aliphatic rings. The van der Waals surface area contributed by atoms with E-state index in [0.29, 0.717) is 5.92 Å². The van der Waals surface area contributed by atoms with Crippen LogP contribution in [-0.2, 0) is 4.79 Å². The van der Waals surface area contributed by atoms with Crippen LogP contribution in [0.1, 0.15) is 63.1 Å². The summed E-state index contributed by atoms with van der Waals surface area (Å²) in [6, 6.07) is 4.27. The van der Waals surface area contributed by atoms with Crippen molar-refractivity contribution in [3.8, 4) is 0 Å². The van der Waals surface area contributed by atoms with Crippen molar-refractivity contribution in [1.82, 2.24) is 5.43 Å². The minimum absolute atomic E-state index is 0.0820. The molecule has 1 amide bonds. The molecule has 1 aliphatic heterocycles. The van der Waals surface area contributed by atoms with Crippen LogP contribution >= 0.6 is 0 Å². The summed E-state index contributed by atoms with van der Waals surface area (Å²) >= 11 is 0. The zero-order chi connectivity index (χ0) is 16.7. The predicted octanol–water partition coefficient (Wildman–Crippen LogP) is 3.16. The number of anilines is 1. The first-order chi connectivity index (χ1) is 10.2. The van der Waals surface area contributed by atoms with Gasteiger partial charge in [-0.05, 0) is 69.2 Å². The minimum Gasteiger partial charge on any atom is -0.354 e. The summed E-state index contributed by atoms with van der Waals surface area (Å²) in [5, 5.41) is 0. The normalized spacial score (nSPS) is 21.2.